The number of rotatable bonds is 11. The Hall–Kier alpha value is -1.83. The minimum absolute atomic E-state index is 0.137. The molecule has 0 spiro atoms. The van der Waals surface area contributed by atoms with Crippen molar-refractivity contribution in [3.05, 3.63) is 31.6 Å². The standard InChI is InChI=1S/C24H40N3O5/c1-15(2)12-18(26-23(31)32-24(5,6)7)19(28)13-20(29)27-21(16(3)4)22(30)25-14-17-10-8-9-11-17/h8-11,15-16,18-19,21,28H,12-14H2,1-7H3,(H,25,30)(H,26,31)(H,27,29)/t18-,19-,21-/m0/s1. The van der Waals surface area contributed by atoms with Crippen molar-refractivity contribution < 1.29 is 24.2 Å². The maximum Gasteiger partial charge on any atom is 0.407 e. The highest BCUT2D eigenvalue weighted by molar-refractivity contribution is 5.88. The fraction of sp³-hybridized carbons (Fsp3) is 0.667. The van der Waals surface area contributed by atoms with Crippen LogP contribution >= 0.6 is 0 Å². The summed E-state index contributed by atoms with van der Waals surface area (Å²) in [4.78, 5) is 37.4. The number of hydrogen-bond donors (Lipinski definition) is 4. The first-order chi connectivity index (χ1) is 14.8. The van der Waals surface area contributed by atoms with E-state index in [9.17, 15) is 19.5 Å². The van der Waals surface area contributed by atoms with E-state index in [1.807, 2.05) is 53.4 Å². The first-order valence-corrected chi connectivity index (χ1v) is 11.2. The lowest BCUT2D eigenvalue weighted by Crippen LogP contribution is -2.52. The van der Waals surface area contributed by atoms with Crippen LogP contribution in [0.15, 0.2) is 0 Å². The van der Waals surface area contributed by atoms with Crippen LogP contribution in [-0.2, 0) is 14.3 Å². The van der Waals surface area contributed by atoms with Crippen molar-refractivity contribution in [2.45, 2.75) is 85.1 Å². The van der Waals surface area contributed by atoms with E-state index in [4.69, 9.17) is 4.74 Å². The molecule has 1 aliphatic rings. The molecule has 0 bridgehead atoms. The average Bonchev–Trinajstić information content (AvgIpc) is 3.15. The molecule has 1 rings (SSSR count). The van der Waals surface area contributed by atoms with E-state index < -0.39 is 35.8 Å². The van der Waals surface area contributed by atoms with Gasteiger partial charge in [0.2, 0.25) is 11.8 Å². The molecule has 4 N–H and O–H groups in total. The fourth-order valence-electron chi connectivity index (χ4n) is 3.21. The van der Waals surface area contributed by atoms with E-state index in [1.165, 1.54) is 0 Å². The largest absolute Gasteiger partial charge is 0.444 e. The van der Waals surface area contributed by atoms with Gasteiger partial charge in [0, 0.05) is 12.5 Å². The number of hydrogen-bond acceptors (Lipinski definition) is 5. The van der Waals surface area contributed by atoms with E-state index in [-0.39, 0.29) is 24.2 Å². The Labute approximate surface area is 193 Å². The number of ether oxygens (including phenoxy) is 1. The molecule has 3 atom stereocenters. The van der Waals surface area contributed by atoms with Crippen LogP contribution in [0.2, 0.25) is 0 Å². The van der Waals surface area contributed by atoms with Crippen LogP contribution in [0.4, 0.5) is 4.79 Å². The molecule has 8 heteroatoms. The predicted molar refractivity (Wildman–Crippen MR) is 123 cm³/mol. The molecule has 32 heavy (non-hydrogen) atoms. The van der Waals surface area contributed by atoms with Crippen LogP contribution in [-0.4, -0.2) is 53.3 Å². The number of aliphatic hydroxyl groups excluding tert-OH is 1. The van der Waals surface area contributed by atoms with Crippen molar-refractivity contribution >= 4 is 17.9 Å². The molecule has 0 aliphatic heterocycles. The second-order valence-electron chi connectivity index (χ2n) is 9.95. The third-order valence-electron chi connectivity index (χ3n) is 4.75. The van der Waals surface area contributed by atoms with Gasteiger partial charge in [-0.1, -0.05) is 27.7 Å². The Kier molecular flexibility index (Phi) is 11.5. The summed E-state index contributed by atoms with van der Waals surface area (Å²) in [6.07, 6.45) is 6.07. The van der Waals surface area contributed by atoms with Crippen LogP contribution in [0.5, 0.6) is 0 Å². The molecule has 8 nitrogen and oxygen atoms in total. The quantitative estimate of drug-likeness (QED) is 0.386. The van der Waals surface area contributed by atoms with Crippen LogP contribution in [0, 0.1) is 43.4 Å². The Morgan fingerprint density at radius 3 is 2.12 bits per heavy atom. The Bertz CT molecular complexity index is 609. The van der Waals surface area contributed by atoms with Crippen LogP contribution in [0.25, 0.3) is 0 Å². The number of nitrogens with one attached hydrogen (secondary N) is 3. The van der Waals surface area contributed by atoms with Gasteiger partial charge in [-0.2, -0.15) is 0 Å². The summed E-state index contributed by atoms with van der Waals surface area (Å²) in [5.74, 6) is 0.279. The number of alkyl carbamates (subject to hydrolysis) is 1. The Morgan fingerprint density at radius 2 is 1.62 bits per heavy atom. The van der Waals surface area contributed by atoms with Crippen molar-refractivity contribution in [2.75, 3.05) is 6.54 Å². The number of carbonyl (C=O) groups excluding carboxylic acids is 3. The van der Waals surface area contributed by atoms with Gasteiger partial charge in [0.15, 0.2) is 0 Å². The molecule has 1 fully saturated rings. The monoisotopic (exact) mass is 450 g/mol. The number of amides is 3. The fourth-order valence-corrected chi connectivity index (χ4v) is 3.21. The predicted octanol–water partition coefficient (Wildman–Crippen LogP) is 2.34. The lowest BCUT2D eigenvalue weighted by Gasteiger charge is -2.28. The zero-order valence-corrected chi connectivity index (χ0v) is 20.4. The zero-order chi connectivity index (χ0) is 24.5. The molecule has 0 aromatic carbocycles. The Balaban J connectivity index is 2.66. The van der Waals surface area contributed by atoms with Gasteiger partial charge in [0.1, 0.15) is 11.6 Å². The van der Waals surface area contributed by atoms with Gasteiger partial charge < -0.3 is 25.8 Å². The van der Waals surface area contributed by atoms with Crippen LogP contribution in [0.1, 0.15) is 61.3 Å². The molecule has 0 aromatic heterocycles. The maximum absolute atomic E-state index is 12.6. The van der Waals surface area contributed by atoms with E-state index >= 15 is 0 Å². The van der Waals surface area contributed by atoms with Crippen molar-refractivity contribution in [3.8, 4) is 0 Å². The van der Waals surface area contributed by atoms with Crippen LogP contribution in [0.3, 0.4) is 0 Å². The Morgan fingerprint density at radius 1 is 1.03 bits per heavy atom. The van der Waals surface area contributed by atoms with Gasteiger partial charge in [-0.25, -0.2) is 4.79 Å². The van der Waals surface area contributed by atoms with Gasteiger partial charge in [0.05, 0.1) is 18.6 Å². The molecule has 1 aliphatic carbocycles. The van der Waals surface area contributed by atoms with Crippen LogP contribution < -0.4 is 16.0 Å². The average molecular weight is 451 g/mol. The summed E-state index contributed by atoms with van der Waals surface area (Å²) in [5, 5.41) is 18.9. The zero-order valence-electron chi connectivity index (χ0n) is 20.4. The summed E-state index contributed by atoms with van der Waals surface area (Å²) < 4.78 is 5.28. The molecule has 0 aromatic rings. The van der Waals surface area contributed by atoms with Crippen molar-refractivity contribution in [1.29, 1.82) is 0 Å². The molecule has 5 radical (unpaired) electrons. The summed E-state index contributed by atoms with van der Waals surface area (Å²) in [6.45, 7) is 13.2. The van der Waals surface area contributed by atoms with E-state index in [1.54, 1.807) is 20.8 Å². The van der Waals surface area contributed by atoms with Gasteiger partial charge in [0.25, 0.3) is 0 Å². The van der Waals surface area contributed by atoms with Crippen molar-refractivity contribution in [2.24, 2.45) is 11.8 Å². The molecule has 0 unspecified atom stereocenters. The topological polar surface area (TPSA) is 117 Å². The van der Waals surface area contributed by atoms with Gasteiger partial charge >= 0.3 is 6.09 Å². The molecule has 1 saturated carbocycles. The molecule has 3 amide bonds. The summed E-state index contributed by atoms with van der Waals surface area (Å²) in [6, 6.07) is -1.38. The van der Waals surface area contributed by atoms with Crippen molar-refractivity contribution in [3.63, 3.8) is 0 Å². The smallest absolute Gasteiger partial charge is 0.407 e. The lowest BCUT2D eigenvalue weighted by atomic mass is 9.96. The second kappa shape index (κ2) is 13.0. The minimum Gasteiger partial charge on any atom is -0.444 e. The van der Waals surface area contributed by atoms with E-state index in [0.29, 0.717) is 13.0 Å². The third kappa shape index (κ3) is 11.2. The highest BCUT2D eigenvalue weighted by Crippen LogP contribution is 2.22. The minimum atomic E-state index is -1.12. The number of aliphatic hydroxyl groups is 1. The summed E-state index contributed by atoms with van der Waals surface area (Å²) >= 11 is 0. The van der Waals surface area contributed by atoms with E-state index in [0.717, 1.165) is 5.92 Å². The molecule has 0 heterocycles. The summed E-state index contributed by atoms with van der Waals surface area (Å²) in [5.41, 5.74) is -0.672. The highest BCUT2D eigenvalue weighted by Gasteiger charge is 2.30. The third-order valence-corrected chi connectivity index (χ3v) is 4.75. The molecule has 0 saturated heterocycles. The van der Waals surface area contributed by atoms with Gasteiger partial charge in [-0.3, -0.25) is 9.59 Å². The molecular formula is C24H40N3O5. The van der Waals surface area contributed by atoms with Crippen molar-refractivity contribution in [1.82, 2.24) is 16.0 Å². The van der Waals surface area contributed by atoms with Gasteiger partial charge in [-0.15, -0.1) is 0 Å². The highest BCUT2D eigenvalue weighted by atomic mass is 16.6. The molecule has 181 valence electrons. The summed E-state index contributed by atoms with van der Waals surface area (Å²) in [7, 11) is 0. The molecular weight excluding hydrogens is 410 g/mol. The lowest BCUT2D eigenvalue weighted by molar-refractivity contribution is -0.131. The first-order valence-electron chi connectivity index (χ1n) is 11.2. The first kappa shape index (κ1) is 28.2. The number of carbonyl (C=O) groups is 3. The SMILES string of the molecule is CC(C)C[C@H](NC(=O)OC(C)(C)C)[C@@H](O)CC(=O)N[C@H](C(=O)NC[C]1[CH][CH][CH][CH]1)C(C)C. The van der Waals surface area contributed by atoms with E-state index in [2.05, 4.69) is 16.0 Å². The normalized spacial score (nSPS) is 17.7. The van der Waals surface area contributed by atoms with Gasteiger partial charge in [-0.05, 0) is 64.7 Å². The second-order valence-corrected chi connectivity index (χ2v) is 9.95. The maximum atomic E-state index is 12.6.